The van der Waals surface area contributed by atoms with Crippen molar-refractivity contribution >= 4 is 11.8 Å². The number of rotatable bonds is 5. The molecule has 0 spiro atoms. The fourth-order valence-corrected chi connectivity index (χ4v) is 3.87. The van der Waals surface area contributed by atoms with Crippen molar-refractivity contribution in [3.63, 3.8) is 0 Å². The molecule has 130 valence electrons. The predicted molar refractivity (Wildman–Crippen MR) is 93.6 cm³/mol. The highest BCUT2D eigenvalue weighted by atomic mass is 16.2. The van der Waals surface area contributed by atoms with E-state index in [0.717, 1.165) is 12.0 Å². The van der Waals surface area contributed by atoms with E-state index in [2.05, 4.69) is 16.0 Å². The standard InChI is InChI=1S/C19H27N3O2/c1-2-20-18(23)14-9-7-13(8-10-14)12-21-19(24)17-11-15-5-3-4-6-16(15)22-17/h7-10,15-17,22H,2-6,11-12H2,1H3,(H,20,23)(H,21,24). The van der Waals surface area contributed by atoms with Crippen molar-refractivity contribution in [3.05, 3.63) is 35.4 Å². The molecule has 5 heteroatoms. The van der Waals surface area contributed by atoms with Crippen LogP contribution in [0, 0.1) is 5.92 Å². The van der Waals surface area contributed by atoms with E-state index in [-0.39, 0.29) is 17.9 Å². The normalized spacial score (nSPS) is 25.8. The number of hydrogen-bond acceptors (Lipinski definition) is 3. The first kappa shape index (κ1) is 17.0. The molecule has 1 aliphatic carbocycles. The van der Waals surface area contributed by atoms with Crippen molar-refractivity contribution in [3.8, 4) is 0 Å². The predicted octanol–water partition coefficient (Wildman–Crippen LogP) is 1.97. The molecule has 2 amide bonds. The molecule has 24 heavy (non-hydrogen) atoms. The van der Waals surface area contributed by atoms with E-state index in [1.807, 2.05) is 19.1 Å². The summed E-state index contributed by atoms with van der Waals surface area (Å²) in [7, 11) is 0. The van der Waals surface area contributed by atoms with Crippen LogP contribution < -0.4 is 16.0 Å². The Labute approximate surface area is 143 Å². The van der Waals surface area contributed by atoms with E-state index in [1.165, 1.54) is 25.7 Å². The molecule has 1 aliphatic heterocycles. The lowest BCUT2D eigenvalue weighted by atomic mass is 9.85. The summed E-state index contributed by atoms with van der Waals surface area (Å²) in [6.07, 6.45) is 6.00. The second-order valence-electron chi connectivity index (χ2n) is 6.88. The molecule has 3 rings (SSSR count). The highest BCUT2D eigenvalue weighted by Gasteiger charge is 2.37. The van der Waals surface area contributed by atoms with E-state index in [4.69, 9.17) is 0 Å². The Kier molecular flexibility index (Phi) is 5.51. The van der Waals surface area contributed by atoms with Gasteiger partial charge < -0.3 is 16.0 Å². The number of fused-ring (bicyclic) bond motifs is 1. The third kappa shape index (κ3) is 3.96. The Hall–Kier alpha value is -1.88. The van der Waals surface area contributed by atoms with Gasteiger partial charge in [0.2, 0.25) is 5.91 Å². The van der Waals surface area contributed by atoms with Gasteiger partial charge in [-0.3, -0.25) is 9.59 Å². The van der Waals surface area contributed by atoms with Crippen molar-refractivity contribution < 1.29 is 9.59 Å². The van der Waals surface area contributed by atoms with Crippen molar-refractivity contribution in [1.29, 1.82) is 0 Å². The lowest BCUT2D eigenvalue weighted by Crippen LogP contribution is -2.42. The highest BCUT2D eigenvalue weighted by Crippen LogP contribution is 2.33. The summed E-state index contributed by atoms with van der Waals surface area (Å²) in [4.78, 5) is 24.1. The van der Waals surface area contributed by atoms with Crippen molar-refractivity contribution in [1.82, 2.24) is 16.0 Å². The van der Waals surface area contributed by atoms with Gasteiger partial charge in [-0.1, -0.05) is 25.0 Å². The summed E-state index contributed by atoms with van der Waals surface area (Å²) in [5.41, 5.74) is 1.65. The maximum atomic E-state index is 12.4. The topological polar surface area (TPSA) is 70.2 Å². The van der Waals surface area contributed by atoms with Gasteiger partial charge in [-0.15, -0.1) is 0 Å². The summed E-state index contributed by atoms with van der Waals surface area (Å²) in [5, 5.41) is 9.30. The summed E-state index contributed by atoms with van der Waals surface area (Å²) >= 11 is 0. The third-order valence-electron chi connectivity index (χ3n) is 5.20. The lowest BCUT2D eigenvalue weighted by Gasteiger charge is -2.24. The molecule has 3 unspecified atom stereocenters. The van der Waals surface area contributed by atoms with Crippen LogP contribution in [0.25, 0.3) is 0 Å². The first-order valence-electron chi connectivity index (χ1n) is 9.08. The number of carbonyl (C=O) groups excluding carboxylic acids is 2. The van der Waals surface area contributed by atoms with Crippen molar-refractivity contribution in [2.24, 2.45) is 5.92 Å². The summed E-state index contributed by atoms with van der Waals surface area (Å²) in [6.45, 7) is 3.02. The van der Waals surface area contributed by atoms with Gasteiger partial charge in [0.15, 0.2) is 0 Å². The SMILES string of the molecule is CCNC(=O)c1ccc(CNC(=O)C2CC3CCCCC3N2)cc1. The summed E-state index contributed by atoms with van der Waals surface area (Å²) in [6, 6.07) is 7.88. The smallest absolute Gasteiger partial charge is 0.251 e. The molecule has 5 nitrogen and oxygen atoms in total. The minimum Gasteiger partial charge on any atom is -0.352 e. The molecule has 1 saturated heterocycles. The van der Waals surface area contributed by atoms with Crippen molar-refractivity contribution in [2.45, 2.75) is 57.7 Å². The number of hydrogen-bond donors (Lipinski definition) is 3. The Morgan fingerprint density at radius 1 is 1.12 bits per heavy atom. The van der Waals surface area contributed by atoms with Crippen LogP contribution in [-0.4, -0.2) is 30.4 Å². The maximum absolute atomic E-state index is 12.4. The summed E-state index contributed by atoms with van der Waals surface area (Å²) < 4.78 is 0. The molecule has 1 aromatic rings. The quantitative estimate of drug-likeness (QED) is 0.773. The summed E-state index contributed by atoms with van der Waals surface area (Å²) in [5.74, 6) is 0.703. The van der Waals surface area contributed by atoms with E-state index in [0.29, 0.717) is 30.6 Å². The van der Waals surface area contributed by atoms with E-state index < -0.39 is 0 Å². The number of nitrogens with one attached hydrogen (secondary N) is 3. The Morgan fingerprint density at radius 2 is 1.88 bits per heavy atom. The molecule has 0 aromatic heterocycles. The van der Waals surface area contributed by atoms with Gasteiger partial charge in [0, 0.05) is 24.7 Å². The molecule has 1 aromatic carbocycles. The first-order chi connectivity index (χ1) is 11.7. The number of carbonyl (C=O) groups is 2. The van der Waals surface area contributed by atoms with Crippen LogP contribution in [0.15, 0.2) is 24.3 Å². The van der Waals surface area contributed by atoms with Crippen molar-refractivity contribution in [2.75, 3.05) is 6.54 Å². The van der Waals surface area contributed by atoms with Crippen LogP contribution >= 0.6 is 0 Å². The van der Waals surface area contributed by atoms with Crippen LogP contribution in [-0.2, 0) is 11.3 Å². The molecule has 0 radical (unpaired) electrons. The molecular weight excluding hydrogens is 302 g/mol. The zero-order chi connectivity index (χ0) is 16.9. The third-order valence-corrected chi connectivity index (χ3v) is 5.20. The molecular formula is C19H27N3O2. The fraction of sp³-hybridized carbons (Fsp3) is 0.579. The van der Waals surface area contributed by atoms with Gasteiger partial charge in [0.05, 0.1) is 6.04 Å². The molecule has 2 fully saturated rings. The second-order valence-corrected chi connectivity index (χ2v) is 6.88. The van der Waals surface area contributed by atoms with Gasteiger partial charge in [-0.05, 0) is 49.8 Å². The van der Waals surface area contributed by atoms with Crippen LogP contribution in [0.4, 0.5) is 0 Å². The van der Waals surface area contributed by atoms with Crippen LogP contribution in [0.3, 0.4) is 0 Å². The molecule has 1 saturated carbocycles. The second kappa shape index (κ2) is 7.79. The fourth-order valence-electron chi connectivity index (χ4n) is 3.87. The van der Waals surface area contributed by atoms with Gasteiger partial charge in [0.25, 0.3) is 5.91 Å². The van der Waals surface area contributed by atoms with Gasteiger partial charge in [-0.25, -0.2) is 0 Å². The Balaban J connectivity index is 1.48. The minimum atomic E-state index is -0.0640. The Morgan fingerprint density at radius 3 is 2.58 bits per heavy atom. The average molecular weight is 329 g/mol. The first-order valence-corrected chi connectivity index (χ1v) is 9.08. The molecule has 2 aliphatic rings. The average Bonchev–Trinajstić information content (AvgIpc) is 3.04. The largest absolute Gasteiger partial charge is 0.352 e. The van der Waals surface area contributed by atoms with E-state index in [9.17, 15) is 9.59 Å². The van der Waals surface area contributed by atoms with Gasteiger partial charge in [0.1, 0.15) is 0 Å². The van der Waals surface area contributed by atoms with E-state index >= 15 is 0 Å². The monoisotopic (exact) mass is 329 g/mol. The molecule has 3 N–H and O–H groups in total. The van der Waals surface area contributed by atoms with Gasteiger partial charge in [-0.2, -0.15) is 0 Å². The zero-order valence-corrected chi connectivity index (χ0v) is 14.3. The van der Waals surface area contributed by atoms with Crippen LogP contribution in [0.2, 0.25) is 0 Å². The zero-order valence-electron chi connectivity index (χ0n) is 14.3. The van der Waals surface area contributed by atoms with E-state index in [1.54, 1.807) is 12.1 Å². The minimum absolute atomic E-state index is 0.0484. The van der Waals surface area contributed by atoms with Gasteiger partial charge >= 0.3 is 0 Å². The van der Waals surface area contributed by atoms with Crippen LogP contribution in [0.5, 0.6) is 0 Å². The van der Waals surface area contributed by atoms with Crippen LogP contribution in [0.1, 0.15) is 54.9 Å². The molecule has 1 heterocycles. The Bertz CT molecular complexity index is 571. The highest BCUT2D eigenvalue weighted by molar-refractivity contribution is 5.94. The molecule has 3 atom stereocenters. The lowest BCUT2D eigenvalue weighted by molar-refractivity contribution is -0.123. The maximum Gasteiger partial charge on any atom is 0.251 e. The number of benzene rings is 1. The number of amides is 2. The molecule has 0 bridgehead atoms.